The number of amides is 1. The van der Waals surface area contributed by atoms with Gasteiger partial charge in [0, 0.05) is 30.8 Å². The van der Waals surface area contributed by atoms with Gasteiger partial charge in [-0.3, -0.25) is 14.7 Å². The maximum atomic E-state index is 12.6. The Hall–Kier alpha value is -3.00. The number of carbonyl (C=O) groups is 1. The number of benzene rings is 1. The van der Waals surface area contributed by atoms with Crippen LogP contribution in [0, 0.1) is 0 Å². The van der Waals surface area contributed by atoms with Gasteiger partial charge in [-0.25, -0.2) is 4.98 Å². The number of hydrogen-bond donors (Lipinski definition) is 1. The minimum Gasteiger partial charge on any atom is -0.333 e. The third kappa shape index (κ3) is 2.78. The molecule has 0 saturated carbocycles. The number of nitrogens with zero attached hydrogens (tertiary/aromatic N) is 5. The fraction of sp³-hybridized carbons (Fsp3) is 0.333. The van der Waals surface area contributed by atoms with Gasteiger partial charge in [0.2, 0.25) is 5.82 Å². The second-order valence-electron chi connectivity index (χ2n) is 6.49. The van der Waals surface area contributed by atoms with Gasteiger partial charge in [0.1, 0.15) is 0 Å². The highest BCUT2D eigenvalue weighted by molar-refractivity contribution is 5.91. The standard InChI is InChI=1S/C18H20N6O2/c1-3-22(2)13-10-23(11-13)17(26)16-20-18-19-14(9-15(25)24(18)21-16)12-7-5-4-6-8-12/h4-9,13H,3,10-11H2,1-2H3,(H,19,20,21). The molecule has 4 rings (SSSR count). The van der Waals surface area contributed by atoms with Crippen LogP contribution in [0.5, 0.6) is 0 Å². The SMILES string of the molecule is CCN(C)C1CN(C(=O)c2nc3nc(-c4ccccc4)cc(=O)n3[nH]2)C1. The van der Waals surface area contributed by atoms with Gasteiger partial charge in [0.05, 0.1) is 5.69 Å². The van der Waals surface area contributed by atoms with Crippen molar-refractivity contribution >= 4 is 11.7 Å². The predicted molar refractivity (Wildman–Crippen MR) is 97.0 cm³/mol. The van der Waals surface area contributed by atoms with Crippen molar-refractivity contribution in [1.29, 1.82) is 0 Å². The summed E-state index contributed by atoms with van der Waals surface area (Å²) in [6.45, 7) is 4.36. The summed E-state index contributed by atoms with van der Waals surface area (Å²) in [6.07, 6.45) is 0. The van der Waals surface area contributed by atoms with Crippen LogP contribution in [0.1, 0.15) is 17.5 Å². The van der Waals surface area contributed by atoms with E-state index in [0.717, 1.165) is 12.1 Å². The van der Waals surface area contributed by atoms with E-state index in [1.165, 1.54) is 10.6 Å². The fourth-order valence-electron chi connectivity index (χ4n) is 3.04. The summed E-state index contributed by atoms with van der Waals surface area (Å²) < 4.78 is 1.20. The van der Waals surface area contributed by atoms with Crippen molar-refractivity contribution in [1.82, 2.24) is 29.4 Å². The molecule has 1 fully saturated rings. The van der Waals surface area contributed by atoms with Crippen molar-refractivity contribution in [2.24, 2.45) is 0 Å². The number of aromatic amines is 1. The Balaban J connectivity index is 1.61. The van der Waals surface area contributed by atoms with Crippen LogP contribution in [0.4, 0.5) is 0 Å². The van der Waals surface area contributed by atoms with E-state index in [1.807, 2.05) is 37.4 Å². The van der Waals surface area contributed by atoms with E-state index in [4.69, 9.17) is 0 Å². The summed E-state index contributed by atoms with van der Waals surface area (Å²) in [5.74, 6) is 0.122. The molecule has 1 N–H and O–H groups in total. The molecule has 26 heavy (non-hydrogen) atoms. The van der Waals surface area contributed by atoms with Gasteiger partial charge in [0.15, 0.2) is 0 Å². The lowest BCUT2D eigenvalue weighted by Crippen LogP contribution is -2.60. The van der Waals surface area contributed by atoms with Gasteiger partial charge in [-0.05, 0) is 13.6 Å². The molecular weight excluding hydrogens is 332 g/mol. The lowest BCUT2D eigenvalue weighted by Gasteiger charge is -2.43. The zero-order chi connectivity index (χ0) is 18.3. The van der Waals surface area contributed by atoms with Crippen LogP contribution >= 0.6 is 0 Å². The number of nitrogens with one attached hydrogen (secondary N) is 1. The van der Waals surface area contributed by atoms with E-state index in [9.17, 15) is 9.59 Å². The highest BCUT2D eigenvalue weighted by Crippen LogP contribution is 2.17. The van der Waals surface area contributed by atoms with Crippen molar-refractivity contribution in [3.63, 3.8) is 0 Å². The van der Waals surface area contributed by atoms with Crippen LogP contribution in [0.3, 0.4) is 0 Å². The van der Waals surface area contributed by atoms with E-state index < -0.39 is 0 Å². The highest BCUT2D eigenvalue weighted by atomic mass is 16.2. The Morgan fingerprint density at radius 1 is 1.27 bits per heavy atom. The van der Waals surface area contributed by atoms with Gasteiger partial charge in [-0.1, -0.05) is 37.3 Å². The Bertz CT molecular complexity index is 1000. The average Bonchev–Trinajstić information content (AvgIpc) is 3.05. The van der Waals surface area contributed by atoms with E-state index in [1.54, 1.807) is 4.90 Å². The van der Waals surface area contributed by atoms with Gasteiger partial charge in [-0.15, -0.1) is 0 Å². The quantitative estimate of drug-likeness (QED) is 0.753. The van der Waals surface area contributed by atoms with Crippen molar-refractivity contribution in [3.05, 3.63) is 52.6 Å². The molecule has 2 aromatic heterocycles. The van der Waals surface area contributed by atoms with E-state index in [-0.39, 0.29) is 23.1 Å². The fourth-order valence-corrected chi connectivity index (χ4v) is 3.04. The number of fused-ring (bicyclic) bond motifs is 1. The Morgan fingerprint density at radius 2 is 2.00 bits per heavy atom. The van der Waals surface area contributed by atoms with Crippen LogP contribution in [0.25, 0.3) is 17.0 Å². The third-order valence-corrected chi connectivity index (χ3v) is 4.87. The number of H-pyrrole nitrogens is 1. The molecule has 3 heterocycles. The molecule has 1 aromatic carbocycles. The molecule has 0 atom stereocenters. The predicted octanol–water partition coefficient (Wildman–Crippen LogP) is 0.861. The summed E-state index contributed by atoms with van der Waals surface area (Å²) in [5.41, 5.74) is 1.07. The van der Waals surface area contributed by atoms with E-state index in [0.29, 0.717) is 24.8 Å². The monoisotopic (exact) mass is 352 g/mol. The molecule has 0 aliphatic carbocycles. The van der Waals surface area contributed by atoms with Crippen LogP contribution < -0.4 is 5.56 Å². The molecular formula is C18H20N6O2. The topological polar surface area (TPSA) is 86.6 Å². The van der Waals surface area contributed by atoms with E-state index >= 15 is 0 Å². The van der Waals surface area contributed by atoms with Crippen LogP contribution in [0.15, 0.2) is 41.2 Å². The summed E-state index contributed by atoms with van der Waals surface area (Å²) in [7, 11) is 2.04. The van der Waals surface area contributed by atoms with Crippen LogP contribution in [-0.4, -0.2) is 68.0 Å². The first kappa shape index (κ1) is 16.5. The number of hydrogen-bond acceptors (Lipinski definition) is 5. The molecule has 0 bridgehead atoms. The molecule has 1 saturated heterocycles. The smallest absolute Gasteiger partial charge is 0.291 e. The highest BCUT2D eigenvalue weighted by Gasteiger charge is 2.34. The number of aromatic nitrogens is 4. The molecule has 0 unspecified atom stereocenters. The number of rotatable bonds is 4. The normalized spacial score (nSPS) is 14.8. The third-order valence-electron chi connectivity index (χ3n) is 4.87. The minimum atomic E-state index is -0.299. The molecule has 0 spiro atoms. The first-order valence-corrected chi connectivity index (χ1v) is 8.61. The lowest BCUT2D eigenvalue weighted by atomic mass is 10.1. The zero-order valence-corrected chi connectivity index (χ0v) is 14.7. The van der Waals surface area contributed by atoms with Gasteiger partial charge in [-0.2, -0.15) is 9.50 Å². The molecule has 1 aliphatic rings. The molecule has 1 amide bonds. The maximum absolute atomic E-state index is 12.6. The Kier molecular flexibility index (Phi) is 4.04. The van der Waals surface area contributed by atoms with Crippen molar-refractivity contribution < 1.29 is 4.79 Å². The summed E-state index contributed by atoms with van der Waals surface area (Å²) in [4.78, 5) is 37.5. The van der Waals surface area contributed by atoms with E-state index in [2.05, 4.69) is 26.9 Å². The number of carbonyl (C=O) groups excluding carboxylic acids is 1. The summed E-state index contributed by atoms with van der Waals surface area (Å²) >= 11 is 0. The minimum absolute atomic E-state index is 0.136. The van der Waals surface area contributed by atoms with Crippen molar-refractivity contribution in [2.45, 2.75) is 13.0 Å². The second kappa shape index (κ2) is 6.38. The largest absolute Gasteiger partial charge is 0.333 e. The van der Waals surface area contributed by atoms with Gasteiger partial charge in [0.25, 0.3) is 17.2 Å². The van der Waals surface area contributed by atoms with Crippen LogP contribution in [0.2, 0.25) is 0 Å². The Labute approximate surface area is 150 Å². The zero-order valence-electron chi connectivity index (χ0n) is 14.7. The second-order valence-corrected chi connectivity index (χ2v) is 6.49. The molecule has 0 radical (unpaired) electrons. The van der Waals surface area contributed by atoms with Crippen molar-refractivity contribution in [3.8, 4) is 11.3 Å². The van der Waals surface area contributed by atoms with Crippen molar-refractivity contribution in [2.75, 3.05) is 26.7 Å². The first-order chi connectivity index (χ1) is 12.6. The Morgan fingerprint density at radius 3 is 2.69 bits per heavy atom. The molecule has 8 heteroatoms. The molecule has 8 nitrogen and oxygen atoms in total. The lowest BCUT2D eigenvalue weighted by molar-refractivity contribution is 0.0343. The molecule has 3 aromatic rings. The first-order valence-electron chi connectivity index (χ1n) is 8.61. The number of likely N-dealkylation sites (N-methyl/N-ethyl adjacent to an activating group) is 1. The maximum Gasteiger partial charge on any atom is 0.291 e. The average molecular weight is 352 g/mol. The molecule has 1 aliphatic heterocycles. The number of likely N-dealkylation sites (tertiary alicyclic amines) is 1. The van der Waals surface area contributed by atoms with Gasteiger partial charge >= 0.3 is 0 Å². The molecule has 134 valence electrons. The van der Waals surface area contributed by atoms with Gasteiger partial charge < -0.3 is 9.80 Å². The van der Waals surface area contributed by atoms with Crippen LogP contribution in [-0.2, 0) is 0 Å². The summed E-state index contributed by atoms with van der Waals surface area (Å²) in [5, 5.41) is 2.78. The summed E-state index contributed by atoms with van der Waals surface area (Å²) in [6, 6.07) is 11.2.